The van der Waals surface area contributed by atoms with Crippen LogP contribution in [-0.2, 0) is 0 Å². The maximum absolute atomic E-state index is 10.9. The number of nitro groups is 1. The minimum Gasteiger partial charge on any atom is -0.379 e. The van der Waals surface area contributed by atoms with E-state index in [-0.39, 0.29) is 10.6 Å². The highest BCUT2D eigenvalue weighted by molar-refractivity contribution is 9.10. The molecular formula is C11H13BrN2O2. The molecule has 1 aromatic rings. The third-order valence-corrected chi connectivity index (χ3v) is 3.46. The van der Waals surface area contributed by atoms with Gasteiger partial charge in [0, 0.05) is 17.1 Å². The van der Waals surface area contributed by atoms with Crippen LogP contribution >= 0.6 is 15.9 Å². The van der Waals surface area contributed by atoms with E-state index in [0.717, 1.165) is 11.0 Å². The lowest BCUT2D eigenvalue weighted by Crippen LogP contribution is -2.12. The number of rotatable bonds is 4. The molecule has 4 nitrogen and oxygen atoms in total. The molecule has 0 bridgehead atoms. The fourth-order valence-corrected chi connectivity index (χ4v) is 1.85. The van der Waals surface area contributed by atoms with Gasteiger partial charge < -0.3 is 5.32 Å². The molecule has 0 aliphatic heterocycles. The zero-order valence-corrected chi connectivity index (χ0v) is 10.6. The first-order chi connectivity index (χ1) is 7.50. The number of benzene rings is 1. The van der Waals surface area contributed by atoms with E-state index < -0.39 is 0 Å². The Kier molecular flexibility index (Phi) is 2.88. The zero-order chi connectivity index (χ0) is 11.8. The smallest absolute Gasteiger partial charge is 0.293 e. The molecule has 0 atom stereocenters. The van der Waals surface area contributed by atoms with Gasteiger partial charge >= 0.3 is 0 Å². The maximum atomic E-state index is 10.9. The summed E-state index contributed by atoms with van der Waals surface area (Å²) in [6, 6.07) is 5.08. The summed E-state index contributed by atoms with van der Waals surface area (Å²) in [5.41, 5.74) is 1.06. The summed E-state index contributed by atoms with van der Waals surface area (Å²) in [5.74, 6) is 0. The monoisotopic (exact) mass is 284 g/mol. The highest BCUT2D eigenvalue weighted by Crippen LogP contribution is 2.45. The third kappa shape index (κ3) is 2.52. The van der Waals surface area contributed by atoms with Gasteiger partial charge in [0.05, 0.1) is 4.92 Å². The van der Waals surface area contributed by atoms with Gasteiger partial charge in [0.1, 0.15) is 5.69 Å². The van der Waals surface area contributed by atoms with Gasteiger partial charge in [-0.05, 0) is 30.4 Å². The molecule has 16 heavy (non-hydrogen) atoms. The molecule has 1 N–H and O–H groups in total. The number of nitrogens with one attached hydrogen (secondary N) is 1. The van der Waals surface area contributed by atoms with Crippen LogP contribution in [0.2, 0.25) is 0 Å². The first kappa shape index (κ1) is 11.4. The lowest BCUT2D eigenvalue weighted by atomic mass is 10.1. The Bertz CT molecular complexity index is 430. The van der Waals surface area contributed by atoms with Crippen LogP contribution in [0.15, 0.2) is 22.7 Å². The first-order valence-electron chi connectivity index (χ1n) is 5.18. The standard InChI is InChI=1S/C11H13BrN2O2/c1-11(4-5-11)7-13-9-3-2-8(12)6-10(9)14(15)16/h2-3,6,13H,4-5,7H2,1H3. The summed E-state index contributed by atoms with van der Waals surface area (Å²) in [4.78, 5) is 10.5. The van der Waals surface area contributed by atoms with Crippen LogP contribution < -0.4 is 5.32 Å². The van der Waals surface area contributed by atoms with Gasteiger partial charge in [0.15, 0.2) is 0 Å². The SMILES string of the molecule is CC1(CNc2ccc(Br)cc2[N+](=O)[O-])CC1. The molecule has 2 rings (SSSR count). The Morgan fingerprint density at radius 1 is 1.56 bits per heavy atom. The fraction of sp³-hybridized carbons (Fsp3) is 0.455. The van der Waals surface area contributed by atoms with E-state index in [0.29, 0.717) is 11.1 Å². The minimum atomic E-state index is -0.359. The number of nitrogens with zero attached hydrogens (tertiary/aromatic N) is 1. The lowest BCUT2D eigenvalue weighted by molar-refractivity contribution is -0.384. The largest absolute Gasteiger partial charge is 0.379 e. The van der Waals surface area contributed by atoms with E-state index in [2.05, 4.69) is 28.2 Å². The van der Waals surface area contributed by atoms with E-state index in [1.54, 1.807) is 6.07 Å². The molecule has 1 aliphatic carbocycles. The number of halogens is 1. The van der Waals surface area contributed by atoms with Crippen molar-refractivity contribution in [2.75, 3.05) is 11.9 Å². The highest BCUT2D eigenvalue weighted by atomic mass is 79.9. The van der Waals surface area contributed by atoms with Gasteiger partial charge in [-0.25, -0.2) is 0 Å². The first-order valence-corrected chi connectivity index (χ1v) is 5.97. The van der Waals surface area contributed by atoms with E-state index in [1.165, 1.54) is 18.9 Å². The van der Waals surface area contributed by atoms with Crippen molar-refractivity contribution in [2.45, 2.75) is 19.8 Å². The molecule has 0 radical (unpaired) electrons. The molecule has 5 heteroatoms. The summed E-state index contributed by atoms with van der Waals surface area (Å²) in [6.45, 7) is 2.99. The van der Waals surface area contributed by atoms with Gasteiger partial charge in [-0.1, -0.05) is 22.9 Å². The average molecular weight is 285 g/mol. The van der Waals surface area contributed by atoms with Gasteiger partial charge in [0.2, 0.25) is 0 Å². The van der Waals surface area contributed by atoms with Crippen molar-refractivity contribution in [1.29, 1.82) is 0 Å². The summed E-state index contributed by atoms with van der Waals surface area (Å²) >= 11 is 3.24. The van der Waals surface area contributed by atoms with Gasteiger partial charge in [-0.3, -0.25) is 10.1 Å². The van der Waals surface area contributed by atoms with Crippen molar-refractivity contribution in [3.05, 3.63) is 32.8 Å². The molecule has 1 saturated carbocycles. The van der Waals surface area contributed by atoms with E-state index in [9.17, 15) is 10.1 Å². The second-order valence-electron chi connectivity index (χ2n) is 4.58. The number of anilines is 1. The van der Waals surface area contributed by atoms with Crippen molar-refractivity contribution in [3.8, 4) is 0 Å². The summed E-state index contributed by atoms with van der Waals surface area (Å²) < 4.78 is 0.724. The van der Waals surface area contributed by atoms with Gasteiger partial charge in [-0.2, -0.15) is 0 Å². The predicted molar refractivity (Wildman–Crippen MR) is 66.6 cm³/mol. The molecule has 0 amide bonds. The van der Waals surface area contributed by atoms with Crippen LogP contribution in [0, 0.1) is 15.5 Å². The molecule has 1 aliphatic rings. The zero-order valence-electron chi connectivity index (χ0n) is 9.00. The van der Waals surface area contributed by atoms with E-state index >= 15 is 0 Å². The molecule has 0 aromatic heterocycles. The second kappa shape index (κ2) is 4.05. The normalized spacial score (nSPS) is 16.9. The van der Waals surface area contributed by atoms with Crippen molar-refractivity contribution in [1.82, 2.24) is 0 Å². The van der Waals surface area contributed by atoms with Gasteiger partial charge in [0.25, 0.3) is 5.69 Å². The van der Waals surface area contributed by atoms with E-state index in [4.69, 9.17) is 0 Å². The molecule has 0 spiro atoms. The maximum Gasteiger partial charge on any atom is 0.293 e. The Hall–Kier alpha value is -1.10. The van der Waals surface area contributed by atoms with Crippen molar-refractivity contribution >= 4 is 27.3 Å². The average Bonchev–Trinajstić information content (AvgIpc) is 2.95. The molecular weight excluding hydrogens is 272 g/mol. The summed E-state index contributed by atoms with van der Waals surface area (Å²) in [5, 5.41) is 14.0. The van der Waals surface area contributed by atoms with Crippen LogP contribution in [0.25, 0.3) is 0 Å². The predicted octanol–water partition coefficient (Wildman–Crippen LogP) is 3.57. The van der Waals surface area contributed by atoms with Crippen LogP contribution in [0.3, 0.4) is 0 Å². The van der Waals surface area contributed by atoms with Crippen LogP contribution in [0.1, 0.15) is 19.8 Å². The topological polar surface area (TPSA) is 55.2 Å². The molecule has 0 heterocycles. The number of hydrogen-bond donors (Lipinski definition) is 1. The van der Waals surface area contributed by atoms with Crippen molar-refractivity contribution in [3.63, 3.8) is 0 Å². The summed E-state index contributed by atoms with van der Waals surface area (Å²) in [6.07, 6.45) is 2.40. The Morgan fingerprint density at radius 2 is 2.25 bits per heavy atom. The highest BCUT2D eigenvalue weighted by Gasteiger charge is 2.37. The Labute approximate surface area is 102 Å². The van der Waals surface area contributed by atoms with Crippen LogP contribution in [0.5, 0.6) is 0 Å². The lowest BCUT2D eigenvalue weighted by Gasteiger charge is -2.11. The Balaban J connectivity index is 2.15. The number of hydrogen-bond acceptors (Lipinski definition) is 3. The van der Waals surface area contributed by atoms with E-state index in [1.807, 2.05) is 6.07 Å². The van der Waals surface area contributed by atoms with Gasteiger partial charge in [-0.15, -0.1) is 0 Å². The second-order valence-corrected chi connectivity index (χ2v) is 5.50. The third-order valence-electron chi connectivity index (χ3n) is 2.97. The molecule has 0 unspecified atom stereocenters. The van der Waals surface area contributed by atoms with Crippen molar-refractivity contribution < 1.29 is 4.92 Å². The quantitative estimate of drug-likeness (QED) is 0.679. The fourth-order valence-electron chi connectivity index (χ4n) is 1.50. The molecule has 1 fully saturated rings. The molecule has 0 saturated heterocycles. The van der Waals surface area contributed by atoms with Crippen LogP contribution in [0.4, 0.5) is 11.4 Å². The minimum absolute atomic E-state index is 0.124. The molecule has 86 valence electrons. The van der Waals surface area contributed by atoms with Crippen molar-refractivity contribution in [2.24, 2.45) is 5.41 Å². The summed E-state index contributed by atoms with van der Waals surface area (Å²) in [7, 11) is 0. The number of nitro benzene ring substituents is 1. The Morgan fingerprint density at radius 3 is 2.81 bits per heavy atom. The molecule has 1 aromatic carbocycles. The van der Waals surface area contributed by atoms with Crippen LogP contribution in [-0.4, -0.2) is 11.5 Å².